The summed E-state index contributed by atoms with van der Waals surface area (Å²) in [5, 5.41) is 16.5. The van der Waals surface area contributed by atoms with Gasteiger partial charge in [0.15, 0.2) is 0 Å². The van der Waals surface area contributed by atoms with Gasteiger partial charge in [0, 0.05) is 35.3 Å². The largest absolute Gasteiger partial charge is 0.507 e. The van der Waals surface area contributed by atoms with E-state index in [-0.39, 0.29) is 35.7 Å². The second-order valence-electron chi connectivity index (χ2n) is 7.29. The van der Waals surface area contributed by atoms with Crippen LogP contribution in [0.2, 0.25) is 0 Å². The molecule has 130 valence electrons. The van der Waals surface area contributed by atoms with E-state index in [4.69, 9.17) is 5.73 Å². The molecule has 0 aliphatic heterocycles. The molecule has 0 bridgehead atoms. The quantitative estimate of drug-likeness (QED) is 0.666. The number of nitrogens with two attached hydrogens (primary N) is 1. The third-order valence-electron chi connectivity index (χ3n) is 5.19. The fourth-order valence-corrected chi connectivity index (χ4v) is 3.65. The van der Waals surface area contributed by atoms with Crippen LogP contribution >= 0.6 is 0 Å². The molecule has 5 N–H and O–H groups in total. The van der Waals surface area contributed by atoms with E-state index in [0.29, 0.717) is 0 Å². The Labute approximate surface area is 143 Å². The molecule has 2 atom stereocenters. The normalized spacial score (nSPS) is 28.9. The van der Waals surface area contributed by atoms with Crippen molar-refractivity contribution in [2.75, 3.05) is 0 Å². The van der Waals surface area contributed by atoms with Crippen LogP contribution in [0.15, 0.2) is 24.8 Å². The molecule has 5 nitrogen and oxygen atoms in total. The molecule has 1 amide bonds. The average molecular weight is 329 g/mol. The highest BCUT2D eigenvalue weighted by Crippen LogP contribution is 2.29. The summed E-state index contributed by atoms with van der Waals surface area (Å²) >= 11 is 0. The zero-order valence-corrected chi connectivity index (χ0v) is 14.2. The van der Waals surface area contributed by atoms with E-state index < -0.39 is 0 Å². The second-order valence-corrected chi connectivity index (χ2v) is 7.29. The number of hydrogen-bond acceptors (Lipinski definition) is 4. The maximum Gasteiger partial charge on any atom is 0.223 e. The number of phenols is 1. The smallest absolute Gasteiger partial charge is 0.223 e. The standard InChI is InChI=1S/C19H27N3O2/c1-11-3-6-17(18(23)7-11)12(2)21-15-9-16(10-15)22-19(24)13-4-5-14(20)8-13/h3,6-7,13-16,21,23H,2,4-5,8-10,20H2,1H3,(H,22,24). The van der Waals surface area contributed by atoms with E-state index in [2.05, 4.69) is 17.2 Å². The van der Waals surface area contributed by atoms with E-state index in [1.54, 1.807) is 6.07 Å². The number of amides is 1. The molecule has 3 rings (SSSR count). The molecule has 1 aromatic rings. The summed E-state index contributed by atoms with van der Waals surface area (Å²) in [6.45, 7) is 5.96. The van der Waals surface area contributed by atoms with Gasteiger partial charge in [-0.25, -0.2) is 0 Å². The molecule has 2 fully saturated rings. The molecule has 0 aromatic heterocycles. The molecule has 1 aromatic carbocycles. The Morgan fingerprint density at radius 3 is 2.54 bits per heavy atom. The van der Waals surface area contributed by atoms with Crippen LogP contribution in [0.25, 0.3) is 5.70 Å². The van der Waals surface area contributed by atoms with Crippen molar-refractivity contribution < 1.29 is 9.90 Å². The molecular formula is C19H27N3O2. The number of phenolic OH excluding ortho intramolecular Hbond substituents is 1. The summed E-state index contributed by atoms with van der Waals surface area (Å²) in [6, 6.07) is 6.26. The lowest BCUT2D eigenvalue weighted by molar-refractivity contribution is -0.126. The van der Waals surface area contributed by atoms with Crippen molar-refractivity contribution in [3.05, 3.63) is 35.9 Å². The first kappa shape index (κ1) is 16.8. The minimum Gasteiger partial charge on any atom is -0.507 e. The Balaban J connectivity index is 1.43. The van der Waals surface area contributed by atoms with Crippen LogP contribution in [0.3, 0.4) is 0 Å². The van der Waals surface area contributed by atoms with Crippen molar-refractivity contribution in [1.82, 2.24) is 10.6 Å². The maximum atomic E-state index is 12.2. The van der Waals surface area contributed by atoms with Gasteiger partial charge in [0.25, 0.3) is 0 Å². The first-order valence-corrected chi connectivity index (χ1v) is 8.73. The van der Waals surface area contributed by atoms with E-state index in [1.165, 1.54) is 0 Å². The lowest BCUT2D eigenvalue weighted by Gasteiger charge is -2.38. The summed E-state index contributed by atoms with van der Waals surface area (Å²) in [7, 11) is 0. The van der Waals surface area contributed by atoms with Crippen LogP contribution in [0, 0.1) is 12.8 Å². The summed E-state index contributed by atoms with van der Waals surface area (Å²) in [4.78, 5) is 12.2. The Bertz CT molecular complexity index is 637. The highest BCUT2D eigenvalue weighted by atomic mass is 16.3. The van der Waals surface area contributed by atoms with Gasteiger partial charge in [0.2, 0.25) is 5.91 Å². The minimum absolute atomic E-state index is 0.0893. The lowest BCUT2D eigenvalue weighted by atomic mass is 9.85. The van der Waals surface area contributed by atoms with Crippen LogP contribution < -0.4 is 16.4 Å². The monoisotopic (exact) mass is 329 g/mol. The summed E-state index contributed by atoms with van der Waals surface area (Å²) in [5.74, 6) is 0.488. The predicted molar refractivity (Wildman–Crippen MR) is 95.3 cm³/mol. The van der Waals surface area contributed by atoms with Crippen LogP contribution in [-0.4, -0.2) is 29.1 Å². The zero-order valence-electron chi connectivity index (χ0n) is 14.2. The second kappa shape index (κ2) is 6.85. The number of benzene rings is 1. The van der Waals surface area contributed by atoms with Gasteiger partial charge in [0.05, 0.1) is 0 Å². The molecule has 0 spiro atoms. The van der Waals surface area contributed by atoms with Crippen LogP contribution in [0.1, 0.15) is 43.2 Å². The molecule has 2 aliphatic carbocycles. The molecule has 2 saturated carbocycles. The summed E-state index contributed by atoms with van der Waals surface area (Å²) in [6.07, 6.45) is 4.44. The molecule has 0 radical (unpaired) electrons. The molecule has 24 heavy (non-hydrogen) atoms. The number of nitrogens with one attached hydrogen (secondary N) is 2. The van der Waals surface area contributed by atoms with Crippen molar-refractivity contribution in [2.45, 2.75) is 57.2 Å². The fourth-order valence-electron chi connectivity index (χ4n) is 3.65. The number of aromatic hydroxyl groups is 1. The van der Waals surface area contributed by atoms with Gasteiger partial charge in [-0.2, -0.15) is 0 Å². The van der Waals surface area contributed by atoms with Gasteiger partial charge in [0.1, 0.15) is 5.75 Å². The zero-order chi connectivity index (χ0) is 17.3. The van der Waals surface area contributed by atoms with Crippen molar-refractivity contribution in [1.29, 1.82) is 0 Å². The van der Waals surface area contributed by atoms with Crippen molar-refractivity contribution in [3.8, 4) is 5.75 Å². The van der Waals surface area contributed by atoms with Crippen LogP contribution in [0.4, 0.5) is 0 Å². The van der Waals surface area contributed by atoms with Crippen molar-refractivity contribution in [2.24, 2.45) is 11.7 Å². The molecule has 0 heterocycles. The Morgan fingerprint density at radius 1 is 1.21 bits per heavy atom. The van der Waals surface area contributed by atoms with Gasteiger partial charge in [-0.05, 0) is 56.7 Å². The maximum absolute atomic E-state index is 12.2. The number of carbonyl (C=O) groups excluding carboxylic acids is 1. The highest BCUT2D eigenvalue weighted by molar-refractivity contribution is 5.79. The average Bonchev–Trinajstić information content (AvgIpc) is 2.91. The Kier molecular flexibility index (Phi) is 4.81. The van der Waals surface area contributed by atoms with Gasteiger partial charge >= 0.3 is 0 Å². The van der Waals surface area contributed by atoms with Crippen LogP contribution in [-0.2, 0) is 4.79 Å². The summed E-state index contributed by atoms with van der Waals surface area (Å²) in [5.41, 5.74) is 8.35. The molecule has 5 heteroatoms. The summed E-state index contributed by atoms with van der Waals surface area (Å²) < 4.78 is 0. The first-order chi connectivity index (χ1) is 11.4. The topological polar surface area (TPSA) is 87.4 Å². The van der Waals surface area contributed by atoms with Crippen LogP contribution in [0.5, 0.6) is 5.75 Å². The first-order valence-electron chi connectivity index (χ1n) is 8.73. The molecule has 0 saturated heterocycles. The number of rotatable bonds is 5. The Morgan fingerprint density at radius 2 is 1.92 bits per heavy atom. The number of carbonyl (C=O) groups is 1. The van der Waals surface area contributed by atoms with Gasteiger partial charge in [-0.15, -0.1) is 0 Å². The van der Waals surface area contributed by atoms with E-state index in [1.807, 2.05) is 19.1 Å². The lowest BCUT2D eigenvalue weighted by Crippen LogP contribution is -2.52. The SMILES string of the molecule is C=C(NC1CC(NC(=O)C2CCC(N)C2)C1)c1ccc(C)cc1O. The van der Waals surface area contributed by atoms with E-state index in [9.17, 15) is 9.90 Å². The molecular weight excluding hydrogens is 302 g/mol. The third kappa shape index (κ3) is 3.73. The highest BCUT2D eigenvalue weighted by Gasteiger charge is 2.34. The Hall–Kier alpha value is -2.01. The van der Waals surface area contributed by atoms with Crippen molar-refractivity contribution in [3.63, 3.8) is 0 Å². The van der Waals surface area contributed by atoms with E-state index in [0.717, 1.165) is 48.9 Å². The molecule has 2 unspecified atom stereocenters. The van der Waals surface area contributed by atoms with Crippen molar-refractivity contribution >= 4 is 11.6 Å². The van der Waals surface area contributed by atoms with Gasteiger partial charge < -0.3 is 21.5 Å². The van der Waals surface area contributed by atoms with E-state index >= 15 is 0 Å². The number of hydrogen-bond donors (Lipinski definition) is 4. The fraction of sp³-hybridized carbons (Fsp3) is 0.526. The minimum atomic E-state index is 0.0893. The number of aryl methyl sites for hydroxylation is 1. The third-order valence-corrected chi connectivity index (χ3v) is 5.19. The van der Waals surface area contributed by atoms with Gasteiger partial charge in [-0.3, -0.25) is 4.79 Å². The van der Waals surface area contributed by atoms with Gasteiger partial charge in [-0.1, -0.05) is 12.6 Å². The molecule has 2 aliphatic rings. The predicted octanol–water partition coefficient (Wildman–Crippen LogP) is 2.04.